The summed E-state index contributed by atoms with van der Waals surface area (Å²) in [6.45, 7) is 0.424. The Morgan fingerprint density at radius 1 is 0.830 bits per heavy atom. The van der Waals surface area contributed by atoms with Gasteiger partial charge in [-0.2, -0.15) is 22.0 Å². The van der Waals surface area contributed by atoms with E-state index in [-0.39, 0.29) is 12.0 Å². The van der Waals surface area contributed by atoms with E-state index < -0.39 is 77.5 Å². The molecule has 53 heavy (non-hydrogen) atoms. The predicted molar refractivity (Wildman–Crippen MR) is 184 cm³/mol. The van der Waals surface area contributed by atoms with Crippen LogP contribution in [-0.4, -0.2) is 67.2 Å². The van der Waals surface area contributed by atoms with Gasteiger partial charge in [0.25, 0.3) is 5.91 Å². The molecule has 284 valence electrons. The van der Waals surface area contributed by atoms with E-state index in [1.54, 1.807) is 54.6 Å². The van der Waals surface area contributed by atoms with Crippen molar-refractivity contribution in [2.24, 2.45) is 5.92 Å². The molecule has 1 aliphatic rings. The molecule has 0 heterocycles. The van der Waals surface area contributed by atoms with Crippen LogP contribution in [0.3, 0.4) is 0 Å². The van der Waals surface area contributed by atoms with Gasteiger partial charge < -0.3 is 26.0 Å². The monoisotopic (exact) mass is 764 g/mol. The highest BCUT2D eigenvalue weighted by atomic mass is 35.5. The van der Waals surface area contributed by atoms with Gasteiger partial charge in [0.2, 0.25) is 23.5 Å². The number of halogens is 6. The smallest absolute Gasteiger partial charge is 0.405 e. The number of methoxy groups -OCH3 is 1. The number of carbonyl (C=O) groups excluding carboxylic acids is 5. The van der Waals surface area contributed by atoms with Gasteiger partial charge in [0, 0.05) is 11.4 Å². The second kappa shape index (κ2) is 16.7. The van der Waals surface area contributed by atoms with Gasteiger partial charge in [0.05, 0.1) is 18.6 Å². The number of nitrogens with one attached hydrogen (secondary N) is 4. The molecule has 4 N–H and O–H groups in total. The Morgan fingerprint density at radius 2 is 1.47 bits per heavy atom. The highest BCUT2D eigenvalue weighted by Gasteiger charge is 2.53. The molecule has 1 saturated carbocycles. The molecule has 3 aromatic rings. The number of carbonyl (C=O) groups is 5. The molecule has 0 saturated heterocycles. The van der Waals surface area contributed by atoms with Crippen molar-refractivity contribution < 1.29 is 50.7 Å². The minimum Gasteiger partial charge on any atom is -0.497 e. The molecule has 4 rings (SSSR count). The van der Waals surface area contributed by atoms with Crippen molar-refractivity contribution in [3.8, 4) is 5.75 Å². The summed E-state index contributed by atoms with van der Waals surface area (Å²) in [6.07, 6.45) is -4.06. The number of ketones is 1. The lowest BCUT2D eigenvalue weighted by molar-refractivity contribution is -0.165. The zero-order chi connectivity index (χ0) is 39.1. The zero-order valence-corrected chi connectivity index (χ0v) is 29.6. The van der Waals surface area contributed by atoms with Crippen molar-refractivity contribution in [2.45, 2.75) is 68.7 Å². The van der Waals surface area contributed by atoms with Gasteiger partial charge in [-0.05, 0) is 59.7 Å². The Labute approximate surface area is 307 Å². The van der Waals surface area contributed by atoms with Crippen LogP contribution >= 0.6 is 11.6 Å². The van der Waals surface area contributed by atoms with Gasteiger partial charge >= 0.3 is 12.1 Å². The van der Waals surface area contributed by atoms with Gasteiger partial charge in [-0.1, -0.05) is 80.0 Å². The van der Waals surface area contributed by atoms with E-state index in [0.29, 0.717) is 29.2 Å². The summed E-state index contributed by atoms with van der Waals surface area (Å²) in [6, 6.07) is 16.2. The number of benzene rings is 3. The van der Waals surface area contributed by atoms with Crippen LogP contribution in [0.15, 0.2) is 78.9 Å². The molecule has 0 spiro atoms. The van der Waals surface area contributed by atoms with Crippen molar-refractivity contribution in [3.05, 3.63) is 101 Å². The number of hydrogen-bond acceptors (Lipinski definition) is 6. The number of amides is 4. The number of hydrogen-bond donors (Lipinski definition) is 4. The second-order valence-electron chi connectivity index (χ2n) is 13.0. The molecule has 3 atom stereocenters. The number of Topliss-reactive ketones (excluding diaryl/α,β-unsaturated/α-hetero) is 1. The van der Waals surface area contributed by atoms with E-state index in [2.05, 4.69) is 16.0 Å². The van der Waals surface area contributed by atoms with E-state index in [1.807, 2.05) is 0 Å². The van der Waals surface area contributed by atoms with E-state index in [4.69, 9.17) is 16.3 Å². The Balaban J connectivity index is 1.64. The predicted octanol–water partition coefficient (Wildman–Crippen LogP) is 4.99. The van der Waals surface area contributed by atoms with E-state index >= 15 is 0 Å². The maximum absolute atomic E-state index is 14.9. The second-order valence-corrected chi connectivity index (χ2v) is 13.4. The normalized spacial score (nSPS) is 15.4. The maximum Gasteiger partial charge on any atom is 0.405 e. The van der Waals surface area contributed by atoms with Crippen molar-refractivity contribution in [2.75, 3.05) is 13.7 Å². The van der Waals surface area contributed by atoms with Gasteiger partial charge in [-0.25, -0.2) is 0 Å². The van der Waals surface area contributed by atoms with Crippen LogP contribution in [0.1, 0.15) is 49.4 Å². The fourth-order valence-electron chi connectivity index (χ4n) is 5.64. The standard InChI is InChI=1S/C37H38ClF5N4O6/c1-21(2)28(30(48)37(42,43)34(52)44-20-36(39,40)41)46-32(50)29(23-12-14-26(53-3)15-13-23)47-31(49)27(19-22-8-7-11-25(38)18-22)45-33(51)35(16-17-35)24-9-5-4-6-10-24/h4-15,18,21,27-29H,16-17,19-20H2,1-3H3,(H,44,52)(H,45,51)(H,46,50)(H,47,49)/t27?,28-,29?/m0/s1. The van der Waals surface area contributed by atoms with Crippen LogP contribution in [0.2, 0.25) is 5.02 Å². The summed E-state index contributed by atoms with van der Waals surface area (Å²) < 4.78 is 72.8. The average molecular weight is 765 g/mol. The SMILES string of the molecule is COc1ccc(C(NC(=O)C(Cc2cccc(Cl)c2)NC(=O)C2(c3ccccc3)CC2)C(=O)N[C@H](C(=O)C(F)(F)C(=O)NCC(F)(F)F)C(C)C)cc1. The maximum atomic E-state index is 14.9. The van der Waals surface area contributed by atoms with Crippen LogP contribution < -0.4 is 26.0 Å². The molecule has 16 heteroatoms. The molecule has 2 unspecified atom stereocenters. The van der Waals surface area contributed by atoms with E-state index in [9.17, 15) is 45.9 Å². The molecule has 1 fully saturated rings. The Hall–Kier alpha value is -5.05. The van der Waals surface area contributed by atoms with Crippen LogP contribution in [0.25, 0.3) is 0 Å². The summed E-state index contributed by atoms with van der Waals surface area (Å²) in [5.74, 6) is -12.8. The van der Waals surface area contributed by atoms with Crippen LogP contribution in [0.4, 0.5) is 22.0 Å². The van der Waals surface area contributed by atoms with Crippen LogP contribution in [-0.2, 0) is 35.8 Å². The lowest BCUT2D eigenvalue weighted by atomic mass is 9.93. The first kappa shape index (κ1) is 40.7. The third-order valence-corrected chi connectivity index (χ3v) is 8.99. The van der Waals surface area contributed by atoms with Gasteiger partial charge in [-0.15, -0.1) is 0 Å². The summed E-state index contributed by atoms with van der Waals surface area (Å²) in [4.78, 5) is 66.8. The first-order chi connectivity index (χ1) is 24.9. The lowest BCUT2D eigenvalue weighted by Gasteiger charge is -2.29. The molecule has 0 radical (unpaired) electrons. The molecule has 0 aromatic heterocycles. The highest BCUT2D eigenvalue weighted by molar-refractivity contribution is 6.30. The van der Waals surface area contributed by atoms with E-state index in [0.717, 1.165) is 10.9 Å². The van der Waals surface area contributed by atoms with Crippen molar-refractivity contribution >= 4 is 41.0 Å². The average Bonchev–Trinajstić information content (AvgIpc) is 3.93. The quantitative estimate of drug-likeness (QED) is 0.120. The van der Waals surface area contributed by atoms with Crippen molar-refractivity contribution in [3.63, 3.8) is 0 Å². The Morgan fingerprint density at radius 3 is 2.02 bits per heavy atom. The lowest BCUT2D eigenvalue weighted by Crippen LogP contribution is -2.59. The minimum absolute atomic E-state index is 0.0771. The summed E-state index contributed by atoms with van der Waals surface area (Å²) in [7, 11) is 1.38. The third-order valence-electron chi connectivity index (χ3n) is 8.75. The van der Waals surface area contributed by atoms with E-state index in [1.165, 1.54) is 45.2 Å². The molecular weight excluding hydrogens is 727 g/mol. The fourth-order valence-corrected chi connectivity index (χ4v) is 5.86. The number of alkyl halides is 5. The molecular formula is C37H38ClF5N4O6. The fraction of sp³-hybridized carbons (Fsp3) is 0.378. The Bertz CT molecular complexity index is 1800. The van der Waals surface area contributed by atoms with Crippen LogP contribution in [0.5, 0.6) is 5.75 Å². The van der Waals surface area contributed by atoms with Crippen molar-refractivity contribution in [1.82, 2.24) is 21.3 Å². The van der Waals surface area contributed by atoms with Gasteiger partial charge in [-0.3, -0.25) is 24.0 Å². The highest BCUT2D eigenvalue weighted by Crippen LogP contribution is 2.48. The molecule has 1 aliphatic carbocycles. The topological polar surface area (TPSA) is 143 Å². The summed E-state index contributed by atoms with van der Waals surface area (Å²) in [5, 5.41) is 8.88. The number of rotatable bonds is 16. The molecule has 0 bridgehead atoms. The first-order valence-corrected chi connectivity index (χ1v) is 16.9. The number of ether oxygens (including phenoxy) is 1. The molecule has 4 amide bonds. The van der Waals surface area contributed by atoms with Gasteiger partial charge in [0.15, 0.2) is 0 Å². The molecule has 3 aromatic carbocycles. The van der Waals surface area contributed by atoms with Crippen LogP contribution in [0, 0.1) is 5.92 Å². The summed E-state index contributed by atoms with van der Waals surface area (Å²) in [5.41, 5.74) is 0.535. The van der Waals surface area contributed by atoms with Gasteiger partial charge in [0.1, 0.15) is 24.4 Å². The Kier molecular flexibility index (Phi) is 12.9. The van der Waals surface area contributed by atoms with Crippen molar-refractivity contribution in [1.29, 1.82) is 0 Å². The molecule has 0 aliphatic heterocycles. The largest absolute Gasteiger partial charge is 0.497 e. The minimum atomic E-state index is -5.03. The molecule has 10 nitrogen and oxygen atoms in total. The summed E-state index contributed by atoms with van der Waals surface area (Å²) >= 11 is 6.19. The third kappa shape index (κ3) is 10.3. The zero-order valence-electron chi connectivity index (χ0n) is 28.9. The first-order valence-electron chi connectivity index (χ1n) is 16.5.